The van der Waals surface area contributed by atoms with E-state index in [1.165, 1.54) is 7.11 Å². The molecule has 0 aliphatic heterocycles. The molecule has 6 heteroatoms. The van der Waals surface area contributed by atoms with Crippen LogP contribution >= 0.6 is 11.6 Å². The molecule has 0 saturated heterocycles. The average molecular weight is 539 g/mol. The molecule has 1 aliphatic carbocycles. The second-order valence-electron chi connectivity index (χ2n) is 9.42. The third kappa shape index (κ3) is 5.11. The second-order valence-corrected chi connectivity index (χ2v) is 9.86. The first-order chi connectivity index (χ1) is 18.9. The Hall–Kier alpha value is -4.19. The van der Waals surface area contributed by atoms with Gasteiger partial charge in [0, 0.05) is 10.9 Å². The van der Waals surface area contributed by atoms with E-state index in [0.717, 1.165) is 11.1 Å². The molecule has 5 nitrogen and oxygen atoms in total. The Bertz CT molecular complexity index is 1470. The van der Waals surface area contributed by atoms with Crippen LogP contribution in [0.2, 0.25) is 5.02 Å². The number of esters is 2. The summed E-state index contributed by atoms with van der Waals surface area (Å²) in [6.07, 6.45) is 1.73. The first-order valence-electron chi connectivity index (χ1n) is 12.6. The lowest BCUT2D eigenvalue weighted by atomic mass is 9.59. The van der Waals surface area contributed by atoms with Gasteiger partial charge in [0.2, 0.25) is 0 Å². The molecule has 0 unspecified atom stereocenters. The smallest absolute Gasteiger partial charge is 0.321 e. The van der Waals surface area contributed by atoms with Crippen LogP contribution in [0.4, 0.5) is 0 Å². The van der Waals surface area contributed by atoms with Gasteiger partial charge in [-0.25, -0.2) is 0 Å². The molecule has 1 aliphatic rings. The van der Waals surface area contributed by atoms with Crippen LogP contribution in [0, 0.1) is 11.8 Å². The van der Waals surface area contributed by atoms with E-state index in [-0.39, 0.29) is 0 Å². The van der Waals surface area contributed by atoms with Crippen LogP contribution in [0.1, 0.15) is 22.6 Å². The van der Waals surface area contributed by atoms with Crippen molar-refractivity contribution in [3.05, 3.63) is 143 Å². The van der Waals surface area contributed by atoms with E-state index >= 15 is 0 Å². The number of carbonyl (C=O) groups is 2. The summed E-state index contributed by atoms with van der Waals surface area (Å²) in [5, 5.41) is 13.2. The van der Waals surface area contributed by atoms with Crippen molar-refractivity contribution in [2.24, 2.45) is 11.8 Å². The minimum atomic E-state index is -2.03. The number of aliphatic hydroxyl groups is 1. The van der Waals surface area contributed by atoms with E-state index in [0.29, 0.717) is 21.9 Å². The van der Waals surface area contributed by atoms with Gasteiger partial charge in [-0.05, 0) is 46.5 Å². The molecule has 0 heterocycles. The molecule has 0 saturated carbocycles. The number of carbonyl (C=O) groups excluding carboxylic acids is 2. The van der Waals surface area contributed by atoms with Crippen LogP contribution in [0.5, 0.6) is 5.75 Å². The van der Waals surface area contributed by atoms with Gasteiger partial charge >= 0.3 is 11.9 Å². The van der Waals surface area contributed by atoms with Crippen LogP contribution < -0.4 is 4.74 Å². The van der Waals surface area contributed by atoms with Crippen LogP contribution in [0.15, 0.2) is 121 Å². The van der Waals surface area contributed by atoms with E-state index in [2.05, 4.69) is 0 Å². The summed E-state index contributed by atoms with van der Waals surface area (Å²) < 4.78 is 11.1. The Morgan fingerprint density at radius 2 is 1.33 bits per heavy atom. The molecule has 4 atom stereocenters. The third-order valence-corrected chi connectivity index (χ3v) is 7.46. The van der Waals surface area contributed by atoms with Crippen molar-refractivity contribution in [2.45, 2.75) is 11.5 Å². The molecule has 39 heavy (non-hydrogen) atoms. The SMILES string of the molecule is COC(=O)[C@H]1[C@H](c2ccccc2)C(c2ccccc2)=C[C@H](C(=O)Oc2ccccc2)[C@]1(O)c1ccc(Cl)cc1. The minimum Gasteiger partial charge on any atom is -0.469 e. The second kappa shape index (κ2) is 11.3. The molecule has 0 amide bonds. The van der Waals surface area contributed by atoms with Crippen LogP contribution in [-0.2, 0) is 19.9 Å². The third-order valence-electron chi connectivity index (χ3n) is 7.21. The molecule has 0 spiro atoms. The fourth-order valence-corrected chi connectivity index (χ4v) is 5.54. The Labute approximate surface area is 232 Å². The van der Waals surface area contributed by atoms with Crippen LogP contribution in [0.3, 0.4) is 0 Å². The highest BCUT2D eigenvalue weighted by atomic mass is 35.5. The maximum Gasteiger partial charge on any atom is 0.321 e. The van der Waals surface area contributed by atoms with Crippen LogP contribution in [-0.4, -0.2) is 24.2 Å². The number of halogens is 1. The highest BCUT2D eigenvalue weighted by Crippen LogP contribution is 2.55. The van der Waals surface area contributed by atoms with Gasteiger partial charge in [0.05, 0.1) is 7.11 Å². The summed E-state index contributed by atoms with van der Waals surface area (Å²) in [4.78, 5) is 27.6. The number of para-hydroxylation sites is 1. The summed E-state index contributed by atoms with van der Waals surface area (Å²) in [6, 6.07) is 34.1. The first kappa shape index (κ1) is 26.4. The molecule has 0 aromatic heterocycles. The first-order valence-corrected chi connectivity index (χ1v) is 13.0. The number of allylic oxidation sites excluding steroid dienone is 1. The molecule has 4 aromatic rings. The summed E-state index contributed by atoms with van der Waals surface area (Å²) in [5.41, 5.74) is 0.649. The quantitative estimate of drug-likeness (QED) is 0.226. The molecular formula is C33H27ClO5. The van der Waals surface area contributed by atoms with Gasteiger partial charge in [-0.2, -0.15) is 0 Å². The monoisotopic (exact) mass is 538 g/mol. The number of rotatable bonds is 6. The standard InChI is InChI=1S/C33H27ClO5/c1-38-32(36)30-29(23-13-7-3-8-14-23)27(22-11-5-2-6-12-22)21-28(31(35)39-26-15-9-4-10-16-26)33(30,37)24-17-19-25(34)20-18-24/h2-21,28-30,37H,1H3/t28-,29-,30-,33-/m1/s1. The van der Waals surface area contributed by atoms with Gasteiger partial charge in [0.15, 0.2) is 0 Å². The lowest BCUT2D eigenvalue weighted by Crippen LogP contribution is -2.54. The van der Waals surface area contributed by atoms with Gasteiger partial charge in [-0.1, -0.05) is 109 Å². The van der Waals surface area contributed by atoms with Crippen molar-refractivity contribution < 1.29 is 24.2 Å². The molecule has 1 N–H and O–H groups in total. The molecule has 196 valence electrons. The molecule has 4 aromatic carbocycles. The number of methoxy groups -OCH3 is 1. The predicted molar refractivity (Wildman–Crippen MR) is 150 cm³/mol. The fourth-order valence-electron chi connectivity index (χ4n) is 5.41. The molecule has 0 fully saturated rings. The van der Waals surface area contributed by atoms with E-state index in [1.807, 2.05) is 66.7 Å². The summed E-state index contributed by atoms with van der Waals surface area (Å²) in [6.45, 7) is 0. The van der Waals surface area contributed by atoms with Crippen molar-refractivity contribution in [2.75, 3.05) is 7.11 Å². The lowest BCUT2D eigenvalue weighted by molar-refractivity contribution is -0.169. The topological polar surface area (TPSA) is 72.8 Å². The fraction of sp³-hybridized carbons (Fsp3) is 0.152. The highest BCUT2D eigenvalue weighted by molar-refractivity contribution is 6.30. The van der Waals surface area contributed by atoms with Crippen molar-refractivity contribution in [3.8, 4) is 5.75 Å². The number of ether oxygens (including phenoxy) is 2. The maximum absolute atomic E-state index is 13.9. The predicted octanol–water partition coefficient (Wildman–Crippen LogP) is 6.42. The number of hydrogen-bond acceptors (Lipinski definition) is 5. The number of benzene rings is 4. The van der Waals surface area contributed by atoms with E-state index in [1.54, 1.807) is 54.6 Å². The normalized spacial score (nSPS) is 22.4. The Kier molecular flexibility index (Phi) is 7.64. The van der Waals surface area contributed by atoms with Crippen molar-refractivity contribution >= 4 is 29.1 Å². The minimum absolute atomic E-state index is 0.329. The van der Waals surface area contributed by atoms with E-state index in [4.69, 9.17) is 21.1 Å². The van der Waals surface area contributed by atoms with E-state index < -0.39 is 35.3 Å². The lowest BCUT2D eigenvalue weighted by Gasteiger charge is -2.47. The average Bonchev–Trinajstić information content (AvgIpc) is 2.98. The summed E-state index contributed by atoms with van der Waals surface area (Å²) >= 11 is 6.18. The van der Waals surface area contributed by atoms with Gasteiger partial charge in [-0.3, -0.25) is 9.59 Å². The van der Waals surface area contributed by atoms with Crippen molar-refractivity contribution in [1.29, 1.82) is 0 Å². The van der Waals surface area contributed by atoms with E-state index in [9.17, 15) is 14.7 Å². The summed E-state index contributed by atoms with van der Waals surface area (Å²) in [7, 11) is 1.28. The van der Waals surface area contributed by atoms with Gasteiger partial charge in [0.25, 0.3) is 0 Å². The molecular weight excluding hydrogens is 512 g/mol. The van der Waals surface area contributed by atoms with Gasteiger partial charge in [-0.15, -0.1) is 0 Å². The Morgan fingerprint density at radius 1 is 0.769 bits per heavy atom. The molecule has 5 rings (SSSR count). The van der Waals surface area contributed by atoms with Gasteiger partial charge < -0.3 is 14.6 Å². The Balaban J connectivity index is 1.79. The number of hydrogen-bond donors (Lipinski definition) is 1. The van der Waals surface area contributed by atoms with Crippen LogP contribution in [0.25, 0.3) is 5.57 Å². The Morgan fingerprint density at radius 3 is 1.92 bits per heavy atom. The molecule has 0 bridgehead atoms. The molecule has 0 radical (unpaired) electrons. The maximum atomic E-state index is 13.9. The summed E-state index contributed by atoms with van der Waals surface area (Å²) in [5.74, 6) is -4.11. The zero-order valence-corrected chi connectivity index (χ0v) is 22.0. The zero-order chi connectivity index (χ0) is 27.4. The highest BCUT2D eigenvalue weighted by Gasteiger charge is 2.59. The van der Waals surface area contributed by atoms with Crippen molar-refractivity contribution in [1.82, 2.24) is 0 Å². The van der Waals surface area contributed by atoms with Gasteiger partial charge in [0.1, 0.15) is 23.2 Å². The zero-order valence-electron chi connectivity index (χ0n) is 21.2. The largest absolute Gasteiger partial charge is 0.469 e. The van der Waals surface area contributed by atoms with Crippen molar-refractivity contribution in [3.63, 3.8) is 0 Å².